The average Bonchev–Trinajstić information content (AvgIpc) is 2.62. The summed E-state index contributed by atoms with van der Waals surface area (Å²) in [5.74, 6) is -0.415. The predicted molar refractivity (Wildman–Crippen MR) is 90.8 cm³/mol. The highest BCUT2D eigenvalue weighted by Gasteiger charge is 2.37. The van der Waals surface area contributed by atoms with E-state index in [4.69, 9.17) is 9.57 Å². The van der Waals surface area contributed by atoms with Gasteiger partial charge in [0, 0.05) is 18.7 Å². The molecule has 8 heteroatoms. The number of benzene rings is 1. The Kier molecular flexibility index (Phi) is 7.44. The smallest absolute Gasteiger partial charge is 0.437 e. The van der Waals surface area contributed by atoms with E-state index in [0.29, 0.717) is 19.7 Å². The third-order valence-electron chi connectivity index (χ3n) is 4.10. The monoisotopic (exact) mass is 372 g/mol. The first kappa shape index (κ1) is 20.2. The van der Waals surface area contributed by atoms with Gasteiger partial charge in [-0.05, 0) is 26.3 Å². The number of oxime groups is 1. The Hall–Kier alpha value is -2.09. The van der Waals surface area contributed by atoms with Gasteiger partial charge in [0.2, 0.25) is 0 Å². The first-order valence-electron chi connectivity index (χ1n) is 8.63. The zero-order chi connectivity index (χ0) is 19.0. The molecule has 0 spiro atoms. The molecule has 5 nitrogen and oxygen atoms in total. The highest BCUT2D eigenvalue weighted by atomic mass is 19.4. The van der Waals surface area contributed by atoms with E-state index in [0.717, 1.165) is 19.4 Å². The lowest BCUT2D eigenvalue weighted by Crippen LogP contribution is -2.40. The molecule has 1 aromatic carbocycles. The van der Waals surface area contributed by atoms with Gasteiger partial charge in [0.1, 0.15) is 6.61 Å². The number of nitrogens with zero attached hydrogens (tertiary/aromatic N) is 2. The molecule has 1 saturated heterocycles. The Balaban J connectivity index is 1.87. The quantitative estimate of drug-likeness (QED) is 0.319. The van der Waals surface area contributed by atoms with Crippen LogP contribution in [0.5, 0.6) is 0 Å². The number of esters is 1. The largest absolute Gasteiger partial charge is 0.466 e. The molecule has 1 aliphatic heterocycles. The van der Waals surface area contributed by atoms with Crippen LogP contribution in [0.1, 0.15) is 25.3 Å². The summed E-state index contributed by atoms with van der Waals surface area (Å²) in [6.07, 6.45) is -2.99. The lowest BCUT2D eigenvalue weighted by Gasteiger charge is -2.30. The van der Waals surface area contributed by atoms with Crippen LogP contribution in [0.4, 0.5) is 13.2 Å². The Morgan fingerprint density at radius 3 is 2.69 bits per heavy atom. The first-order chi connectivity index (χ1) is 12.4. The van der Waals surface area contributed by atoms with Crippen molar-refractivity contribution in [2.75, 3.05) is 32.8 Å². The van der Waals surface area contributed by atoms with E-state index in [1.165, 1.54) is 24.3 Å². The van der Waals surface area contributed by atoms with Gasteiger partial charge in [-0.3, -0.25) is 9.69 Å². The predicted octanol–water partition coefficient (Wildman–Crippen LogP) is 3.24. The SMILES string of the molecule is CCOC(=O)[C@@H]1CCCN(CCO/N=C(/c2ccccc2)C(F)(F)F)C1. The minimum atomic E-state index is -4.60. The Bertz CT molecular complexity index is 605. The van der Waals surface area contributed by atoms with Gasteiger partial charge in [0.05, 0.1) is 12.5 Å². The van der Waals surface area contributed by atoms with Gasteiger partial charge < -0.3 is 9.57 Å². The molecule has 1 atom stereocenters. The number of carbonyl (C=O) groups is 1. The van der Waals surface area contributed by atoms with E-state index in [-0.39, 0.29) is 24.1 Å². The third-order valence-corrected chi connectivity index (χ3v) is 4.10. The van der Waals surface area contributed by atoms with Gasteiger partial charge in [-0.25, -0.2) is 0 Å². The second-order valence-corrected chi connectivity index (χ2v) is 6.03. The van der Waals surface area contributed by atoms with Crippen LogP contribution >= 0.6 is 0 Å². The summed E-state index contributed by atoms with van der Waals surface area (Å²) in [7, 11) is 0. The van der Waals surface area contributed by atoms with E-state index >= 15 is 0 Å². The van der Waals surface area contributed by atoms with Crippen LogP contribution in [0.2, 0.25) is 0 Å². The molecule has 144 valence electrons. The molecule has 1 fully saturated rings. The topological polar surface area (TPSA) is 51.1 Å². The number of halogens is 3. The number of hydrogen-bond donors (Lipinski definition) is 0. The molecule has 0 unspecified atom stereocenters. The van der Waals surface area contributed by atoms with Gasteiger partial charge in [-0.15, -0.1) is 0 Å². The number of rotatable bonds is 7. The maximum absolute atomic E-state index is 13.1. The summed E-state index contributed by atoms with van der Waals surface area (Å²) in [5, 5.41) is 3.31. The molecule has 0 aliphatic carbocycles. The zero-order valence-corrected chi connectivity index (χ0v) is 14.7. The van der Waals surface area contributed by atoms with E-state index in [1.54, 1.807) is 13.0 Å². The minimum absolute atomic E-state index is 0.0158. The van der Waals surface area contributed by atoms with Crippen molar-refractivity contribution in [2.45, 2.75) is 25.9 Å². The zero-order valence-electron chi connectivity index (χ0n) is 14.7. The van der Waals surface area contributed by atoms with E-state index in [2.05, 4.69) is 5.16 Å². The van der Waals surface area contributed by atoms with Gasteiger partial charge in [-0.1, -0.05) is 35.5 Å². The summed E-state index contributed by atoms with van der Waals surface area (Å²) in [4.78, 5) is 18.7. The van der Waals surface area contributed by atoms with Gasteiger partial charge in [0.15, 0.2) is 5.71 Å². The van der Waals surface area contributed by atoms with Crippen LogP contribution in [-0.4, -0.2) is 55.6 Å². The summed E-state index contributed by atoms with van der Waals surface area (Å²) >= 11 is 0. The van der Waals surface area contributed by atoms with Crippen LogP contribution in [0.25, 0.3) is 0 Å². The van der Waals surface area contributed by atoms with Crippen molar-refractivity contribution in [3.05, 3.63) is 35.9 Å². The molecule has 1 aromatic rings. The Morgan fingerprint density at radius 2 is 2.04 bits per heavy atom. The molecule has 1 aliphatic rings. The standard InChI is InChI=1S/C18H23F3N2O3/c1-2-25-17(24)15-9-6-10-23(13-15)11-12-26-22-16(18(19,20)21)14-7-4-3-5-8-14/h3-5,7-8,15H,2,6,9-13H2,1H3/b22-16-/t15-/m1/s1. The molecule has 1 heterocycles. The van der Waals surface area contributed by atoms with Crippen molar-refractivity contribution >= 4 is 11.7 Å². The van der Waals surface area contributed by atoms with Crippen LogP contribution in [0.3, 0.4) is 0 Å². The lowest BCUT2D eigenvalue weighted by atomic mass is 9.98. The van der Waals surface area contributed by atoms with Crippen LogP contribution in [-0.2, 0) is 14.4 Å². The minimum Gasteiger partial charge on any atom is -0.466 e. The number of ether oxygens (including phenoxy) is 1. The average molecular weight is 372 g/mol. The number of hydrogen-bond acceptors (Lipinski definition) is 5. The highest BCUT2D eigenvalue weighted by Crippen LogP contribution is 2.23. The van der Waals surface area contributed by atoms with E-state index < -0.39 is 11.9 Å². The number of carbonyl (C=O) groups excluding carboxylic acids is 1. The Morgan fingerprint density at radius 1 is 1.31 bits per heavy atom. The molecular weight excluding hydrogens is 349 g/mol. The number of piperidine rings is 1. The molecule has 0 saturated carbocycles. The third kappa shape index (κ3) is 6.01. The second kappa shape index (κ2) is 9.56. The lowest BCUT2D eigenvalue weighted by molar-refractivity contribution is -0.150. The molecule has 2 rings (SSSR count). The number of likely N-dealkylation sites (tertiary alicyclic amines) is 1. The van der Waals surface area contributed by atoms with Crippen molar-refractivity contribution < 1.29 is 27.5 Å². The first-order valence-corrected chi connectivity index (χ1v) is 8.63. The molecule has 0 aromatic heterocycles. The second-order valence-electron chi connectivity index (χ2n) is 6.03. The fourth-order valence-corrected chi connectivity index (χ4v) is 2.86. The molecule has 0 N–H and O–H groups in total. The molecule has 0 bridgehead atoms. The Labute approximate surface area is 150 Å². The van der Waals surface area contributed by atoms with Crippen molar-refractivity contribution in [3.63, 3.8) is 0 Å². The van der Waals surface area contributed by atoms with E-state index in [1.807, 2.05) is 4.90 Å². The molecule has 0 radical (unpaired) electrons. The molecule has 0 amide bonds. The van der Waals surface area contributed by atoms with E-state index in [9.17, 15) is 18.0 Å². The van der Waals surface area contributed by atoms with Crippen LogP contribution in [0.15, 0.2) is 35.5 Å². The fraction of sp³-hybridized carbons (Fsp3) is 0.556. The van der Waals surface area contributed by atoms with Crippen LogP contribution < -0.4 is 0 Å². The van der Waals surface area contributed by atoms with Gasteiger partial charge >= 0.3 is 12.1 Å². The maximum atomic E-state index is 13.1. The summed E-state index contributed by atoms with van der Waals surface area (Å²) in [6, 6.07) is 7.34. The fourth-order valence-electron chi connectivity index (χ4n) is 2.86. The maximum Gasteiger partial charge on any atom is 0.437 e. The highest BCUT2D eigenvalue weighted by molar-refractivity contribution is 6.04. The van der Waals surface area contributed by atoms with Crippen molar-refractivity contribution in [1.29, 1.82) is 0 Å². The van der Waals surface area contributed by atoms with Crippen molar-refractivity contribution in [2.24, 2.45) is 11.1 Å². The number of alkyl halides is 3. The normalized spacial score (nSPS) is 19.2. The molecular formula is C18H23F3N2O3. The van der Waals surface area contributed by atoms with Crippen molar-refractivity contribution in [3.8, 4) is 0 Å². The molecule has 26 heavy (non-hydrogen) atoms. The van der Waals surface area contributed by atoms with Crippen molar-refractivity contribution in [1.82, 2.24) is 4.90 Å². The van der Waals surface area contributed by atoms with Gasteiger partial charge in [0.25, 0.3) is 0 Å². The summed E-state index contributed by atoms with van der Waals surface area (Å²) in [6.45, 7) is 3.81. The van der Waals surface area contributed by atoms with Crippen LogP contribution in [0, 0.1) is 5.92 Å². The van der Waals surface area contributed by atoms with Gasteiger partial charge in [-0.2, -0.15) is 13.2 Å². The summed E-state index contributed by atoms with van der Waals surface area (Å²) < 4.78 is 44.4. The summed E-state index contributed by atoms with van der Waals surface area (Å²) in [5.41, 5.74) is -1.10.